The van der Waals surface area contributed by atoms with Gasteiger partial charge in [0.25, 0.3) is 5.91 Å². The number of rotatable bonds is 8. The number of pyridine rings is 1. The van der Waals surface area contributed by atoms with Gasteiger partial charge in [0.1, 0.15) is 6.10 Å². The summed E-state index contributed by atoms with van der Waals surface area (Å²) in [5, 5.41) is 0. The number of likely N-dealkylation sites (N-methyl/N-ethyl adjacent to an activating group) is 1. The molecular formula is C15H24N2O3. The molecular weight excluding hydrogens is 256 g/mol. The van der Waals surface area contributed by atoms with Crippen molar-refractivity contribution in [1.82, 2.24) is 9.88 Å². The lowest BCUT2D eigenvalue weighted by molar-refractivity contribution is -0.144. The molecule has 20 heavy (non-hydrogen) atoms. The van der Waals surface area contributed by atoms with Crippen LogP contribution in [-0.4, -0.2) is 48.8 Å². The first-order valence-corrected chi connectivity index (χ1v) is 6.93. The predicted molar refractivity (Wildman–Crippen MR) is 77.3 cm³/mol. The summed E-state index contributed by atoms with van der Waals surface area (Å²) in [7, 11) is 1.79. The minimum absolute atomic E-state index is 0.0107. The fourth-order valence-electron chi connectivity index (χ4n) is 1.84. The molecule has 0 aliphatic carbocycles. The van der Waals surface area contributed by atoms with Gasteiger partial charge in [0.15, 0.2) is 0 Å². The second-order valence-electron chi connectivity index (χ2n) is 4.62. The predicted octanol–water partition coefficient (Wildman–Crippen LogP) is 2.04. The Bertz CT molecular complexity index is 397. The third-order valence-corrected chi connectivity index (χ3v) is 3.26. The highest BCUT2D eigenvalue weighted by Gasteiger charge is 2.22. The Hall–Kier alpha value is -1.46. The molecule has 0 aromatic carbocycles. The normalized spacial score (nSPS) is 13.8. The van der Waals surface area contributed by atoms with Crippen molar-refractivity contribution in [2.24, 2.45) is 0 Å². The van der Waals surface area contributed by atoms with Gasteiger partial charge in [-0.25, -0.2) is 0 Å². The topological polar surface area (TPSA) is 51.7 Å². The number of hydrogen-bond acceptors (Lipinski definition) is 4. The van der Waals surface area contributed by atoms with Crippen molar-refractivity contribution < 1.29 is 14.3 Å². The molecule has 1 heterocycles. The summed E-state index contributed by atoms with van der Waals surface area (Å²) in [6.45, 7) is 7.28. The molecule has 5 heteroatoms. The van der Waals surface area contributed by atoms with Gasteiger partial charge in [-0.2, -0.15) is 0 Å². The fraction of sp³-hybridized carbons (Fsp3) is 0.600. The molecule has 0 saturated heterocycles. The first-order valence-electron chi connectivity index (χ1n) is 6.93. The van der Waals surface area contributed by atoms with E-state index in [0.717, 1.165) is 5.56 Å². The van der Waals surface area contributed by atoms with Crippen LogP contribution in [0.4, 0.5) is 0 Å². The van der Waals surface area contributed by atoms with Crippen LogP contribution in [0.25, 0.3) is 0 Å². The minimum atomic E-state index is -0.468. The minimum Gasteiger partial charge on any atom is -0.379 e. The van der Waals surface area contributed by atoms with E-state index in [0.29, 0.717) is 19.8 Å². The maximum atomic E-state index is 12.3. The molecule has 0 spiro atoms. The van der Waals surface area contributed by atoms with Crippen molar-refractivity contribution in [2.45, 2.75) is 32.9 Å². The van der Waals surface area contributed by atoms with E-state index in [1.54, 1.807) is 31.3 Å². The maximum absolute atomic E-state index is 12.3. The fourth-order valence-corrected chi connectivity index (χ4v) is 1.84. The molecule has 1 amide bonds. The summed E-state index contributed by atoms with van der Waals surface area (Å²) in [5.74, 6) is -0.0363. The zero-order valence-electron chi connectivity index (χ0n) is 12.7. The molecule has 0 aliphatic rings. The quantitative estimate of drug-likeness (QED) is 0.684. The molecule has 112 valence electrons. The number of aromatic nitrogens is 1. The highest BCUT2D eigenvalue weighted by atomic mass is 16.5. The molecule has 0 bridgehead atoms. The number of hydrogen-bond donors (Lipinski definition) is 0. The van der Waals surface area contributed by atoms with Gasteiger partial charge in [-0.3, -0.25) is 9.78 Å². The third kappa shape index (κ3) is 4.90. The molecule has 1 aromatic rings. The van der Waals surface area contributed by atoms with E-state index in [4.69, 9.17) is 9.47 Å². The van der Waals surface area contributed by atoms with Gasteiger partial charge in [0, 0.05) is 26.0 Å². The van der Waals surface area contributed by atoms with E-state index in [2.05, 4.69) is 4.98 Å². The lowest BCUT2D eigenvalue weighted by atomic mass is 10.1. The second-order valence-corrected chi connectivity index (χ2v) is 4.62. The summed E-state index contributed by atoms with van der Waals surface area (Å²) < 4.78 is 10.7. The Morgan fingerprint density at radius 1 is 1.30 bits per heavy atom. The zero-order valence-corrected chi connectivity index (χ0v) is 12.7. The molecule has 1 aromatic heterocycles. The monoisotopic (exact) mass is 280 g/mol. The highest BCUT2D eigenvalue weighted by molar-refractivity contribution is 5.80. The summed E-state index contributed by atoms with van der Waals surface area (Å²) >= 11 is 0. The van der Waals surface area contributed by atoms with Crippen LogP contribution >= 0.6 is 0 Å². The number of carbonyl (C=O) groups is 1. The summed E-state index contributed by atoms with van der Waals surface area (Å²) in [6.07, 6.45) is 2.99. The van der Waals surface area contributed by atoms with E-state index in [1.165, 1.54) is 0 Å². The van der Waals surface area contributed by atoms with E-state index in [-0.39, 0.29) is 11.9 Å². The molecule has 0 aliphatic heterocycles. The first kappa shape index (κ1) is 16.6. The van der Waals surface area contributed by atoms with Crippen molar-refractivity contribution in [2.75, 3.05) is 26.9 Å². The largest absolute Gasteiger partial charge is 0.379 e. The van der Waals surface area contributed by atoms with Crippen molar-refractivity contribution in [3.63, 3.8) is 0 Å². The molecule has 0 fully saturated rings. The van der Waals surface area contributed by atoms with Crippen LogP contribution in [0.5, 0.6) is 0 Å². The number of nitrogens with zero attached hydrogens (tertiary/aromatic N) is 2. The van der Waals surface area contributed by atoms with Crippen LogP contribution in [0.2, 0.25) is 0 Å². The second kappa shape index (κ2) is 8.66. The average molecular weight is 280 g/mol. The van der Waals surface area contributed by atoms with Crippen LogP contribution in [0, 0.1) is 0 Å². The van der Waals surface area contributed by atoms with Crippen LogP contribution in [0.1, 0.15) is 32.4 Å². The van der Waals surface area contributed by atoms with Gasteiger partial charge in [0.05, 0.1) is 19.3 Å². The van der Waals surface area contributed by atoms with Crippen molar-refractivity contribution >= 4 is 5.91 Å². The molecule has 1 rings (SSSR count). The highest BCUT2D eigenvalue weighted by Crippen LogP contribution is 2.18. The summed E-state index contributed by atoms with van der Waals surface area (Å²) in [6, 6.07) is 3.81. The Labute approximate surface area is 120 Å². The lowest BCUT2D eigenvalue weighted by Gasteiger charge is -2.28. The molecule has 2 atom stereocenters. The van der Waals surface area contributed by atoms with Crippen LogP contribution in [0.15, 0.2) is 24.5 Å². The summed E-state index contributed by atoms with van der Waals surface area (Å²) in [5.41, 5.74) is 1.05. The van der Waals surface area contributed by atoms with E-state index in [1.807, 2.05) is 26.0 Å². The number of ether oxygens (including phenoxy) is 2. The van der Waals surface area contributed by atoms with Gasteiger partial charge in [-0.15, -0.1) is 0 Å². The van der Waals surface area contributed by atoms with Crippen molar-refractivity contribution in [1.29, 1.82) is 0 Å². The molecule has 0 saturated carbocycles. The summed E-state index contributed by atoms with van der Waals surface area (Å²) in [4.78, 5) is 17.9. The molecule has 0 radical (unpaired) electrons. The maximum Gasteiger partial charge on any atom is 0.251 e. The lowest BCUT2D eigenvalue weighted by Crippen LogP contribution is -2.38. The smallest absolute Gasteiger partial charge is 0.251 e. The van der Waals surface area contributed by atoms with E-state index in [9.17, 15) is 4.79 Å². The van der Waals surface area contributed by atoms with Gasteiger partial charge >= 0.3 is 0 Å². The zero-order chi connectivity index (χ0) is 15.0. The van der Waals surface area contributed by atoms with E-state index < -0.39 is 6.10 Å². The van der Waals surface area contributed by atoms with Crippen LogP contribution < -0.4 is 0 Å². The standard InChI is InChI=1S/C15H24N2O3/c1-5-19-10-11-20-13(3)15(18)17(4)12(2)14-6-8-16-9-7-14/h6-9,12-13H,5,10-11H2,1-4H3/t12-,13-/m1/s1. The van der Waals surface area contributed by atoms with Crippen molar-refractivity contribution in [3.8, 4) is 0 Å². The van der Waals surface area contributed by atoms with Gasteiger partial charge in [-0.05, 0) is 38.5 Å². The van der Waals surface area contributed by atoms with E-state index >= 15 is 0 Å². The van der Waals surface area contributed by atoms with Gasteiger partial charge in [-0.1, -0.05) is 0 Å². The van der Waals surface area contributed by atoms with Gasteiger partial charge < -0.3 is 14.4 Å². The first-order chi connectivity index (χ1) is 9.57. The Balaban J connectivity index is 2.49. The molecule has 5 nitrogen and oxygen atoms in total. The Morgan fingerprint density at radius 2 is 1.95 bits per heavy atom. The molecule has 0 unspecified atom stereocenters. The van der Waals surface area contributed by atoms with Crippen LogP contribution in [-0.2, 0) is 14.3 Å². The Kier molecular flexibility index (Phi) is 7.18. The molecule has 0 N–H and O–H groups in total. The average Bonchev–Trinajstić information content (AvgIpc) is 2.50. The van der Waals surface area contributed by atoms with Gasteiger partial charge in [0.2, 0.25) is 0 Å². The number of amides is 1. The SMILES string of the molecule is CCOCCO[C@H](C)C(=O)N(C)[C@H](C)c1ccncc1. The Morgan fingerprint density at radius 3 is 2.55 bits per heavy atom. The number of carbonyl (C=O) groups excluding carboxylic acids is 1. The third-order valence-electron chi connectivity index (χ3n) is 3.26. The van der Waals surface area contributed by atoms with Crippen LogP contribution in [0.3, 0.4) is 0 Å². The van der Waals surface area contributed by atoms with Crippen molar-refractivity contribution in [3.05, 3.63) is 30.1 Å².